The van der Waals surface area contributed by atoms with Crippen molar-refractivity contribution in [3.05, 3.63) is 0 Å². The maximum Gasteiger partial charge on any atom is 0.00965 e. The summed E-state index contributed by atoms with van der Waals surface area (Å²) in [5, 5.41) is 3.36. The lowest BCUT2D eigenvalue weighted by Gasteiger charge is -2.33. The Kier molecular flexibility index (Phi) is 3.45. The minimum atomic E-state index is 0.857. The Balaban J connectivity index is 1.69. The Morgan fingerprint density at radius 2 is 2.00 bits per heavy atom. The van der Waals surface area contributed by atoms with Gasteiger partial charge >= 0.3 is 0 Å². The van der Waals surface area contributed by atoms with Crippen molar-refractivity contribution < 1.29 is 0 Å². The monoisotopic (exact) mass is 196 g/mol. The van der Waals surface area contributed by atoms with Crippen LogP contribution in [0.5, 0.6) is 0 Å². The second-order valence-corrected chi connectivity index (χ2v) is 5.43. The van der Waals surface area contributed by atoms with E-state index < -0.39 is 0 Å². The average molecular weight is 196 g/mol. The van der Waals surface area contributed by atoms with E-state index in [1.54, 1.807) is 0 Å². The first-order valence-electron chi connectivity index (χ1n) is 6.20. The summed E-state index contributed by atoms with van der Waals surface area (Å²) in [6, 6.07) is 0.953. The average Bonchev–Trinajstić information content (AvgIpc) is 2.84. The molecule has 0 atom stereocenters. The molecule has 0 spiro atoms. The van der Waals surface area contributed by atoms with Crippen LogP contribution in [0.15, 0.2) is 0 Å². The van der Waals surface area contributed by atoms with Gasteiger partial charge in [0.05, 0.1) is 0 Å². The molecule has 82 valence electrons. The third-order valence-corrected chi connectivity index (χ3v) is 3.42. The molecule has 1 N–H and O–H groups in total. The maximum absolute atomic E-state index is 3.36. The molecule has 14 heavy (non-hydrogen) atoms. The van der Waals surface area contributed by atoms with Gasteiger partial charge in [0.15, 0.2) is 0 Å². The summed E-state index contributed by atoms with van der Waals surface area (Å²) >= 11 is 0. The zero-order chi connectivity index (χ0) is 9.97. The summed E-state index contributed by atoms with van der Waals surface area (Å²) in [6.07, 6.45) is 4.28. The van der Waals surface area contributed by atoms with E-state index in [4.69, 9.17) is 0 Å². The molecule has 0 unspecified atom stereocenters. The minimum Gasteiger partial charge on any atom is -0.316 e. The van der Waals surface area contributed by atoms with Gasteiger partial charge in [0.25, 0.3) is 0 Å². The number of hydrogen-bond acceptors (Lipinski definition) is 2. The first-order chi connectivity index (χ1) is 6.75. The van der Waals surface area contributed by atoms with E-state index in [0.717, 1.165) is 17.9 Å². The van der Waals surface area contributed by atoms with Crippen molar-refractivity contribution in [1.29, 1.82) is 0 Å². The molecule has 1 saturated carbocycles. The van der Waals surface area contributed by atoms with E-state index in [2.05, 4.69) is 24.1 Å². The van der Waals surface area contributed by atoms with Crippen LogP contribution in [-0.2, 0) is 0 Å². The number of hydrogen-bond donors (Lipinski definition) is 1. The molecule has 0 aromatic heterocycles. The van der Waals surface area contributed by atoms with Gasteiger partial charge in [-0.15, -0.1) is 0 Å². The van der Waals surface area contributed by atoms with Gasteiger partial charge in [0, 0.05) is 25.7 Å². The van der Waals surface area contributed by atoms with Gasteiger partial charge < -0.3 is 10.2 Å². The van der Waals surface area contributed by atoms with Crippen molar-refractivity contribution in [1.82, 2.24) is 10.2 Å². The Hall–Kier alpha value is -0.0800. The first-order valence-corrected chi connectivity index (χ1v) is 6.20. The molecule has 0 radical (unpaired) electrons. The van der Waals surface area contributed by atoms with Crippen LogP contribution in [0.1, 0.15) is 33.1 Å². The summed E-state index contributed by atoms with van der Waals surface area (Å²) in [5.74, 6) is 1.80. The largest absolute Gasteiger partial charge is 0.316 e. The molecule has 0 aromatic carbocycles. The molecule has 2 heteroatoms. The smallest absolute Gasteiger partial charge is 0.00965 e. The molecule has 1 saturated heterocycles. The van der Waals surface area contributed by atoms with E-state index in [1.807, 2.05) is 0 Å². The highest BCUT2D eigenvalue weighted by atomic mass is 15.2. The Labute approximate surface area is 88.1 Å². The van der Waals surface area contributed by atoms with Crippen molar-refractivity contribution in [3.63, 3.8) is 0 Å². The topological polar surface area (TPSA) is 15.3 Å². The van der Waals surface area contributed by atoms with Gasteiger partial charge in [0.1, 0.15) is 0 Å². The standard InChI is InChI=1S/C12H24N2/c1-10(2)5-6-14(12-3-4-12)9-11-7-13-8-11/h10-13H,3-9H2,1-2H3. The highest BCUT2D eigenvalue weighted by molar-refractivity contribution is 4.88. The van der Waals surface area contributed by atoms with Crippen LogP contribution in [0, 0.1) is 11.8 Å². The minimum absolute atomic E-state index is 0.857. The highest BCUT2D eigenvalue weighted by Gasteiger charge is 2.31. The summed E-state index contributed by atoms with van der Waals surface area (Å²) in [6.45, 7) is 9.85. The number of nitrogens with one attached hydrogen (secondary N) is 1. The third kappa shape index (κ3) is 2.96. The molecule has 1 aliphatic heterocycles. The normalized spacial score (nSPS) is 23.1. The molecule has 1 heterocycles. The zero-order valence-electron chi connectivity index (χ0n) is 9.63. The van der Waals surface area contributed by atoms with Gasteiger partial charge in [0.2, 0.25) is 0 Å². The van der Waals surface area contributed by atoms with Crippen LogP contribution in [0.3, 0.4) is 0 Å². The number of rotatable bonds is 6. The summed E-state index contributed by atoms with van der Waals surface area (Å²) in [5.41, 5.74) is 0. The van der Waals surface area contributed by atoms with Crippen molar-refractivity contribution in [2.24, 2.45) is 11.8 Å². The SMILES string of the molecule is CC(C)CCN(CC1CNC1)C1CC1. The Morgan fingerprint density at radius 3 is 2.43 bits per heavy atom. The quantitative estimate of drug-likeness (QED) is 0.696. The fourth-order valence-corrected chi connectivity index (χ4v) is 2.10. The maximum atomic E-state index is 3.36. The predicted octanol–water partition coefficient (Wildman–Crippen LogP) is 1.72. The molecule has 2 rings (SSSR count). The van der Waals surface area contributed by atoms with E-state index in [-0.39, 0.29) is 0 Å². The molecule has 2 fully saturated rings. The molecule has 1 aliphatic carbocycles. The van der Waals surface area contributed by atoms with E-state index in [9.17, 15) is 0 Å². The summed E-state index contributed by atoms with van der Waals surface area (Å²) < 4.78 is 0. The molecule has 2 aliphatic rings. The molecule has 0 bridgehead atoms. The fraction of sp³-hybridized carbons (Fsp3) is 1.00. The lowest BCUT2D eigenvalue weighted by atomic mass is 10.0. The van der Waals surface area contributed by atoms with Gasteiger partial charge in [-0.1, -0.05) is 13.8 Å². The van der Waals surface area contributed by atoms with Crippen molar-refractivity contribution in [2.45, 2.75) is 39.2 Å². The van der Waals surface area contributed by atoms with Gasteiger partial charge in [-0.2, -0.15) is 0 Å². The van der Waals surface area contributed by atoms with Crippen LogP contribution in [0.25, 0.3) is 0 Å². The van der Waals surface area contributed by atoms with Crippen molar-refractivity contribution in [3.8, 4) is 0 Å². The van der Waals surface area contributed by atoms with E-state index >= 15 is 0 Å². The highest BCUT2D eigenvalue weighted by Crippen LogP contribution is 2.28. The van der Waals surface area contributed by atoms with Crippen LogP contribution in [0.2, 0.25) is 0 Å². The lowest BCUT2D eigenvalue weighted by molar-refractivity contribution is 0.177. The second-order valence-electron chi connectivity index (χ2n) is 5.43. The van der Waals surface area contributed by atoms with Crippen molar-refractivity contribution in [2.75, 3.05) is 26.2 Å². The van der Waals surface area contributed by atoms with Gasteiger partial charge in [-0.05, 0) is 37.6 Å². The van der Waals surface area contributed by atoms with Crippen LogP contribution in [-0.4, -0.2) is 37.1 Å². The van der Waals surface area contributed by atoms with Crippen molar-refractivity contribution >= 4 is 0 Å². The first kappa shape index (κ1) is 10.4. The van der Waals surface area contributed by atoms with Crippen LogP contribution >= 0.6 is 0 Å². The second kappa shape index (κ2) is 4.63. The van der Waals surface area contributed by atoms with Gasteiger partial charge in [-0.3, -0.25) is 0 Å². The summed E-state index contributed by atoms with van der Waals surface area (Å²) in [4.78, 5) is 2.74. The molecule has 0 aromatic rings. The van der Waals surface area contributed by atoms with Crippen LogP contribution in [0.4, 0.5) is 0 Å². The van der Waals surface area contributed by atoms with E-state index in [1.165, 1.54) is 45.4 Å². The van der Waals surface area contributed by atoms with E-state index in [0.29, 0.717) is 0 Å². The lowest BCUT2D eigenvalue weighted by Crippen LogP contribution is -2.49. The number of nitrogens with zero attached hydrogens (tertiary/aromatic N) is 1. The molecular weight excluding hydrogens is 172 g/mol. The Bertz CT molecular complexity index is 171. The fourth-order valence-electron chi connectivity index (χ4n) is 2.10. The van der Waals surface area contributed by atoms with Crippen LogP contribution < -0.4 is 5.32 Å². The van der Waals surface area contributed by atoms with Gasteiger partial charge in [-0.25, -0.2) is 0 Å². The molecule has 2 nitrogen and oxygen atoms in total. The molecular formula is C12H24N2. The molecule has 0 amide bonds. The third-order valence-electron chi connectivity index (χ3n) is 3.42. The summed E-state index contributed by atoms with van der Waals surface area (Å²) in [7, 11) is 0. The zero-order valence-corrected chi connectivity index (χ0v) is 9.63. The Morgan fingerprint density at radius 1 is 1.29 bits per heavy atom. The predicted molar refractivity (Wildman–Crippen MR) is 60.4 cm³/mol.